The monoisotopic (exact) mass is 251 g/mol. The zero-order chi connectivity index (χ0) is 12.7. The zero-order valence-electron chi connectivity index (χ0n) is 10.3. The molecule has 1 aliphatic heterocycles. The van der Waals surface area contributed by atoms with Crippen molar-refractivity contribution in [3.05, 3.63) is 59.8 Å². The van der Waals surface area contributed by atoms with Crippen molar-refractivity contribution in [3.63, 3.8) is 0 Å². The Morgan fingerprint density at radius 3 is 2.79 bits per heavy atom. The summed E-state index contributed by atoms with van der Waals surface area (Å²) in [5, 5.41) is 1.25. The lowest BCUT2D eigenvalue weighted by Gasteiger charge is -2.01. The van der Waals surface area contributed by atoms with Crippen LogP contribution in [0.4, 0.5) is 0 Å². The number of hydrogen-bond acceptors (Lipinski definition) is 2. The van der Waals surface area contributed by atoms with Gasteiger partial charge in [-0.05, 0) is 35.2 Å². The van der Waals surface area contributed by atoms with Gasteiger partial charge in [-0.25, -0.2) is 0 Å². The summed E-state index contributed by atoms with van der Waals surface area (Å²) in [7, 11) is 0. The third-order valence-corrected chi connectivity index (χ3v) is 3.42. The average molecular weight is 251 g/mol. The normalized spacial score (nSPS) is 13.1. The summed E-state index contributed by atoms with van der Waals surface area (Å²) in [6.45, 7) is 0.325. The SMILES string of the molecule is c1ccc2[nH]c(Cc3ccc4c(c3)OCO4)cc2c1. The molecule has 3 heteroatoms. The highest BCUT2D eigenvalue weighted by Crippen LogP contribution is 2.33. The maximum atomic E-state index is 5.40. The van der Waals surface area contributed by atoms with E-state index < -0.39 is 0 Å². The second kappa shape index (κ2) is 4.05. The van der Waals surface area contributed by atoms with Crippen molar-refractivity contribution < 1.29 is 9.47 Å². The van der Waals surface area contributed by atoms with E-state index in [2.05, 4.69) is 35.3 Å². The fourth-order valence-corrected chi connectivity index (χ4v) is 2.50. The second-order valence-electron chi connectivity index (χ2n) is 4.75. The first-order chi connectivity index (χ1) is 9.38. The second-order valence-corrected chi connectivity index (χ2v) is 4.75. The number of nitrogens with one attached hydrogen (secondary N) is 1. The van der Waals surface area contributed by atoms with E-state index in [1.165, 1.54) is 22.2 Å². The Bertz CT molecular complexity index is 712. The Hall–Kier alpha value is -2.42. The molecule has 19 heavy (non-hydrogen) atoms. The highest BCUT2D eigenvalue weighted by Gasteiger charge is 2.13. The van der Waals surface area contributed by atoms with Gasteiger partial charge in [0.15, 0.2) is 11.5 Å². The summed E-state index contributed by atoms with van der Waals surface area (Å²) in [6.07, 6.45) is 0.866. The van der Waals surface area contributed by atoms with E-state index in [1.54, 1.807) is 0 Å². The molecule has 0 saturated heterocycles. The van der Waals surface area contributed by atoms with Gasteiger partial charge in [0.1, 0.15) is 0 Å². The number of aromatic amines is 1. The Labute approximate surface area is 110 Å². The van der Waals surface area contributed by atoms with E-state index in [0.29, 0.717) is 6.79 Å². The fraction of sp³-hybridized carbons (Fsp3) is 0.125. The molecule has 1 aliphatic rings. The highest BCUT2D eigenvalue weighted by atomic mass is 16.7. The predicted molar refractivity (Wildman–Crippen MR) is 73.7 cm³/mol. The van der Waals surface area contributed by atoms with Crippen molar-refractivity contribution in [2.45, 2.75) is 6.42 Å². The number of hydrogen-bond donors (Lipinski definition) is 1. The van der Waals surface area contributed by atoms with Crippen molar-refractivity contribution in [2.24, 2.45) is 0 Å². The number of benzene rings is 2. The summed E-state index contributed by atoms with van der Waals surface area (Å²) >= 11 is 0. The molecule has 2 aromatic carbocycles. The van der Waals surface area contributed by atoms with Gasteiger partial charge in [0.2, 0.25) is 6.79 Å². The molecule has 94 valence electrons. The van der Waals surface area contributed by atoms with E-state index >= 15 is 0 Å². The number of ether oxygens (including phenoxy) is 2. The molecule has 0 radical (unpaired) electrons. The van der Waals surface area contributed by atoms with E-state index in [9.17, 15) is 0 Å². The van der Waals surface area contributed by atoms with Gasteiger partial charge in [0.05, 0.1) is 0 Å². The largest absolute Gasteiger partial charge is 0.454 e. The minimum Gasteiger partial charge on any atom is -0.454 e. The molecule has 1 aromatic heterocycles. The molecule has 4 rings (SSSR count). The number of aromatic nitrogens is 1. The maximum Gasteiger partial charge on any atom is 0.231 e. The quantitative estimate of drug-likeness (QED) is 0.756. The van der Waals surface area contributed by atoms with Gasteiger partial charge in [-0.1, -0.05) is 24.3 Å². The van der Waals surface area contributed by atoms with E-state index in [1.807, 2.05) is 18.2 Å². The summed E-state index contributed by atoms with van der Waals surface area (Å²) in [5.74, 6) is 1.68. The van der Waals surface area contributed by atoms with Crippen LogP contribution in [-0.4, -0.2) is 11.8 Å². The van der Waals surface area contributed by atoms with Crippen molar-refractivity contribution in [3.8, 4) is 11.5 Å². The van der Waals surface area contributed by atoms with Crippen LogP contribution in [0, 0.1) is 0 Å². The third-order valence-electron chi connectivity index (χ3n) is 3.42. The number of para-hydroxylation sites is 1. The van der Waals surface area contributed by atoms with Crippen molar-refractivity contribution >= 4 is 10.9 Å². The van der Waals surface area contributed by atoms with Crippen LogP contribution in [0.15, 0.2) is 48.5 Å². The molecule has 0 unspecified atom stereocenters. The van der Waals surface area contributed by atoms with Crippen LogP contribution in [-0.2, 0) is 6.42 Å². The first kappa shape index (κ1) is 10.5. The smallest absolute Gasteiger partial charge is 0.231 e. The van der Waals surface area contributed by atoms with Crippen LogP contribution in [0.2, 0.25) is 0 Å². The Morgan fingerprint density at radius 1 is 0.947 bits per heavy atom. The standard InChI is InChI=1S/C16H13NO2/c1-2-4-14-12(3-1)9-13(17-14)7-11-5-6-15-16(8-11)19-10-18-15/h1-6,8-9,17H,7,10H2. The van der Waals surface area contributed by atoms with Gasteiger partial charge in [-0.3, -0.25) is 0 Å². The molecule has 2 heterocycles. The predicted octanol–water partition coefficient (Wildman–Crippen LogP) is 3.49. The number of fused-ring (bicyclic) bond motifs is 2. The topological polar surface area (TPSA) is 34.2 Å². The van der Waals surface area contributed by atoms with Crippen LogP contribution in [0.3, 0.4) is 0 Å². The van der Waals surface area contributed by atoms with Gasteiger partial charge in [0, 0.05) is 17.6 Å². The molecule has 0 bridgehead atoms. The van der Waals surface area contributed by atoms with Gasteiger partial charge < -0.3 is 14.5 Å². The van der Waals surface area contributed by atoms with Gasteiger partial charge >= 0.3 is 0 Å². The molecule has 0 atom stereocenters. The van der Waals surface area contributed by atoms with Crippen LogP contribution < -0.4 is 9.47 Å². The summed E-state index contributed by atoms with van der Waals surface area (Å²) < 4.78 is 10.7. The minimum absolute atomic E-state index is 0.325. The molecule has 0 saturated carbocycles. The molecular weight excluding hydrogens is 238 g/mol. The lowest BCUT2D eigenvalue weighted by molar-refractivity contribution is 0.174. The van der Waals surface area contributed by atoms with Crippen molar-refractivity contribution in [1.82, 2.24) is 4.98 Å². The molecule has 0 amide bonds. The Kier molecular flexibility index (Phi) is 2.24. The number of H-pyrrole nitrogens is 1. The van der Waals surface area contributed by atoms with Crippen LogP contribution in [0.5, 0.6) is 11.5 Å². The molecule has 0 spiro atoms. The van der Waals surface area contributed by atoms with E-state index in [-0.39, 0.29) is 0 Å². The Morgan fingerprint density at radius 2 is 1.84 bits per heavy atom. The first-order valence-corrected chi connectivity index (χ1v) is 6.34. The minimum atomic E-state index is 0.325. The molecule has 1 N–H and O–H groups in total. The number of rotatable bonds is 2. The van der Waals surface area contributed by atoms with Crippen LogP contribution in [0.25, 0.3) is 10.9 Å². The molecular formula is C16H13NO2. The first-order valence-electron chi connectivity index (χ1n) is 6.34. The summed E-state index contributed by atoms with van der Waals surface area (Å²) in [5.41, 5.74) is 3.61. The van der Waals surface area contributed by atoms with Crippen molar-refractivity contribution in [1.29, 1.82) is 0 Å². The lowest BCUT2D eigenvalue weighted by atomic mass is 10.1. The zero-order valence-corrected chi connectivity index (χ0v) is 10.3. The molecule has 0 aliphatic carbocycles. The third kappa shape index (κ3) is 1.83. The van der Waals surface area contributed by atoms with Crippen LogP contribution >= 0.6 is 0 Å². The van der Waals surface area contributed by atoms with Gasteiger partial charge in [-0.15, -0.1) is 0 Å². The molecule has 0 fully saturated rings. The van der Waals surface area contributed by atoms with E-state index in [4.69, 9.17) is 9.47 Å². The van der Waals surface area contributed by atoms with Crippen molar-refractivity contribution in [2.75, 3.05) is 6.79 Å². The summed E-state index contributed by atoms with van der Waals surface area (Å²) in [6, 6.07) is 16.6. The molecule has 3 nitrogen and oxygen atoms in total. The highest BCUT2D eigenvalue weighted by molar-refractivity contribution is 5.80. The fourth-order valence-electron chi connectivity index (χ4n) is 2.50. The maximum absolute atomic E-state index is 5.40. The van der Waals surface area contributed by atoms with Gasteiger partial charge in [-0.2, -0.15) is 0 Å². The van der Waals surface area contributed by atoms with Crippen LogP contribution in [0.1, 0.15) is 11.3 Å². The summed E-state index contributed by atoms with van der Waals surface area (Å²) in [4.78, 5) is 3.44. The van der Waals surface area contributed by atoms with E-state index in [0.717, 1.165) is 17.9 Å². The lowest BCUT2D eigenvalue weighted by Crippen LogP contribution is -1.93. The average Bonchev–Trinajstić information content (AvgIpc) is 3.03. The van der Waals surface area contributed by atoms with Gasteiger partial charge in [0.25, 0.3) is 0 Å². The Balaban J connectivity index is 1.67. The molecule has 3 aromatic rings.